The second-order valence-electron chi connectivity index (χ2n) is 4.75. The molecule has 0 aliphatic heterocycles. The lowest BCUT2D eigenvalue weighted by Crippen LogP contribution is -2.70. The SMILES string of the molecule is FC(F)(F)C(F)(F)C(F)(F)C(F)(F)C(F)(F)C(F)(F)COc1ccsc1. The smallest absolute Gasteiger partial charge is 0.460 e. The van der Waals surface area contributed by atoms with Crippen molar-refractivity contribution in [3.63, 3.8) is 0 Å². The van der Waals surface area contributed by atoms with Gasteiger partial charge in [0.1, 0.15) is 5.75 Å². The van der Waals surface area contributed by atoms with Crippen LogP contribution in [0.2, 0.25) is 0 Å². The molecule has 0 saturated carbocycles. The molecule has 0 amide bonds. The monoisotopic (exact) mass is 432 g/mol. The molecule has 0 atom stereocenters. The molecule has 1 aromatic heterocycles. The normalized spacial score (nSPS) is 15.3. The highest BCUT2D eigenvalue weighted by molar-refractivity contribution is 7.08. The Morgan fingerprint density at radius 3 is 1.54 bits per heavy atom. The van der Waals surface area contributed by atoms with Crippen molar-refractivity contribution < 1.29 is 61.8 Å². The zero-order valence-electron chi connectivity index (χ0n) is 11.7. The van der Waals surface area contributed by atoms with Gasteiger partial charge in [0.25, 0.3) is 0 Å². The molecule has 15 heteroatoms. The van der Waals surface area contributed by atoms with Crippen LogP contribution in [0.15, 0.2) is 16.8 Å². The Hall–Kier alpha value is -1.41. The first kappa shape index (κ1) is 22.6. The number of hydrogen-bond acceptors (Lipinski definition) is 2. The van der Waals surface area contributed by atoms with Crippen molar-refractivity contribution in [1.29, 1.82) is 0 Å². The van der Waals surface area contributed by atoms with Gasteiger partial charge in [-0.2, -0.15) is 57.1 Å². The van der Waals surface area contributed by atoms with E-state index in [4.69, 9.17) is 0 Å². The third kappa shape index (κ3) is 3.29. The molecule has 0 unspecified atom stereocenters. The standard InChI is InChI=1S/C11H5F13OS/c12-6(13,4-25-5-1-2-26-3-5)7(14,15)8(16,17)9(18,19)10(20,21)11(22,23)24/h1-3H,4H2. The fraction of sp³-hybridized carbons (Fsp3) is 0.636. The van der Waals surface area contributed by atoms with Gasteiger partial charge in [-0.1, -0.05) is 0 Å². The molecule has 0 N–H and O–H groups in total. The van der Waals surface area contributed by atoms with Gasteiger partial charge in [0.05, 0.1) is 0 Å². The quantitative estimate of drug-likeness (QED) is 0.490. The first-order valence-corrected chi connectivity index (χ1v) is 6.88. The van der Waals surface area contributed by atoms with E-state index in [1.807, 2.05) is 0 Å². The van der Waals surface area contributed by atoms with E-state index in [1.54, 1.807) is 0 Å². The third-order valence-corrected chi connectivity index (χ3v) is 3.58. The van der Waals surface area contributed by atoms with Crippen LogP contribution < -0.4 is 4.74 Å². The van der Waals surface area contributed by atoms with E-state index in [-0.39, 0.29) is 0 Å². The van der Waals surface area contributed by atoms with Gasteiger partial charge in [-0.3, -0.25) is 0 Å². The first-order chi connectivity index (χ1) is 11.3. The van der Waals surface area contributed by atoms with Crippen molar-refractivity contribution in [3.05, 3.63) is 16.8 Å². The van der Waals surface area contributed by atoms with Gasteiger partial charge >= 0.3 is 35.8 Å². The van der Waals surface area contributed by atoms with E-state index in [9.17, 15) is 57.1 Å². The summed E-state index contributed by atoms with van der Waals surface area (Å²) in [4.78, 5) is 0. The van der Waals surface area contributed by atoms with Crippen molar-refractivity contribution in [1.82, 2.24) is 0 Å². The third-order valence-electron chi connectivity index (χ3n) is 2.91. The highest BCUT2D eigenvalue weighted by atomic mass is 32.1. The van der Waals surface area contributed by atoms with Crippen LogP contribution in [0.25, 0.3) is 0 Å². The number of alkyl halides is 13. The molecule has 1 heterocycles. The lowest BCUT2D eigenvalue weighted by atomic mass is 9.94. The molecule has 0 fully saturated rings. The van der Waals surface area contributed by atoms with Gasteiger partial charge in [0.2, 0.25) is 0 Å². The predicted octanol–water partition coefficient (Wildman–Crippen LogP) is 5.87. The van der Waals surface area contributed by atoms with Crippen LogP contribution >= 0.6 is 11.3 Å². The Balaban J connectivity index is 3.25. The maximum absolute atomic E-state index is 13.3. The molecule has 1 nitrogen and oxygen atoms in total. The molecular formula is C11H5F13OS. The lowest BCUT2D eigenvalue weighted by molar-refractivity contribution is -0.440. The zero-order valence-corrected chi connectivity index (χ0v) is 12.5. The number of halogens is 13. The van der Waals surface area contributed by atoms with Crippen LogP contribution in [-0.4, -0.2) is 42.4 Å². The maximum Gasteiger partial charge on any atom is 0.460 e. The van der Waals surface area contributed by atoms with Gasteiger partial charge in [-0.25, -0.2) is 0 Å². The van der Waals surface area contributed by atoms with Gasteiger partial charge in [0, 0.05) is 5.38 Å². The summed E-state index contributed by atoms with van der Waals surface area (Å²) in [5, 5.41) is 2.05. The fourth-order valence-electron chi connectivity index (χ4n) is 1.40. The molecule has 0 spiro atoms. The Morgan fingerprint density at radius 2 is 1.15 bits per heavy atom. The lowest BCUT2D eigenvalue weighted by Gasteiger charge is -2.39. The van der Waals surface area contributed by atoms with E-state index < -0.39 is 48.1 Å². The summed E-state index contributed by atoms with van der Waals surface area (Å²) in [6, 6.07) is 0.878. The summed E-state index contributed by atoms with van der Waals surface area (Å²) >= 11 is 0.764. The summed E-state index contributed by atoms with van der Waals surface area (Å²) in [6.45, 7) is -2.69. The average Bonchev–Trinajstić information content (AvgIpc) is 2.96. The van der Waals surface area contributed by atoms with E-state index >= 15 is 0 Å². The Morgan fingerprint density at radius 1 is 0.692 bits per heavy atom. The highest BCUT2D eigenvalue weighted by Gasteiger charge is 2.90. The topological polar surface area (TPSA) is 9.23 Å². The van der Waals surface area contributed by atoms with Crippen LogP contribution in [0.4, 0.5) is 57.1 Å². The minimum atomic E-state index is -7.90. The molecule has 152 valence electrons. The second kappa shape index (κ2) is 6.34. The summed E-state index contributed by atoms with van der Waals surface area (Å²) < 4.78 is 170. The van der Waals surface area contributed by atoms with Crippen LogP contribution in [0, 0.1) is 0 Å². The van der Waals surface area contributed by atoms with Gasteiger partial charge in [-0.05, 0) is 11.4 Å². The molecule has 0 aliphatic carbocycles. The Kier molecular flexibility index (Phi) is 5.51. The molecule has 0 saturated heterocycles. The summed E-state index contributed by atoms with van der Waals surface area (Å²) in [5.41, 5.74) is 0. The highest BCUT2D eigenvalue weighted by Crippen LogP contribution is 2.60. The van der Waals surface area contributed by atoms with Crippen LogP contribution in [0.1, 0.15) is 0 Å². The van der Waals surface area contributed by atoms with Crippen LogP contribution in [0.3, 0.4) is 0 Å². The Labute approximate surface area is 139 Å². The molecule has 26 heavy (non-hydrogen) atoms. The molecule has 1 aromatic rings. The summed E-state index contributed by atoms with van der Waals surface area (Å²) in [5.74, 6) is -37.6. The van der Waals surface area contributed by atoms with Crippen molar-refractivity contribution in [2.24, 2.45) is 0 Å². The van der Waals surface area contributed by atoms with Crippen LogP contribution in [0.5, 0.6) is 5.75 Å². The number of ether oxygens (including phenoxy) is 1. The van der Waals surface area contributed by atoms with Gasteiger partial charge < -0.3 is 4.74 Å². The van der Waals surface area contributed by atoms with Crippen molar-refractivity contribution >= 4 is 11.3 Å². The molecule has 1 rings (SSSR count). The average molecular weight is 432 g/mol. The molecule has 0 aliphatic rings. The molecule has 0 radical (unpaired) electrons. The van der Waals surface area contributed by atoms with Crippen molar-refractivity contribution in [3.8, 4) is 5.75 Å². The van der Waals surface area contributed by atoms with Crippen LogP contribution in [-0.2, 0) is 0 Å². The number of rotatable bonds is 7. The minimum absolute atomic E-state index is 0.582. The van der Waals surface area contributed by atoms with E-state index in [0.717, 1.165) is 28.2 Å². The first-order valence-electron chi connectivity index (χ1n) is 5.94. The minimum Gasteiger partial charge on any atom is -0.486 e. The maximum atomic E-state index is 13.3. The molecule has 0 aromatic carbocycles. The van der Waals surface area contributed by atoms with Gasteiger partial charge in [0.15, 0.2) is 6.61 Å². The fourth-order valence-corrected chi connectivity index (χ4v) is 1.97. The van der Waals surface area contributed by atoms with Gasteiger partial charge in [-0.15, -0.1) is 11.3 Å². The Bertz CT molecular complexity index is 604. The van der Waals surface area contributed by atoms with Crippen molar-refractivity contribution in [2.75, 3.05) is 6.61 Å². The largest absolute Gasteiger partial charge is 0.486 e. The molecule has 0 bridgehead atoms. The molecular weight excluding hydrogens is 427 g/mol. The number of hydrogen-bond donors (Lipinski definition) is 0. The van der Waals surface area contributed by atoms with Crippen molar-refractivity contribution in [2.45, 2.75) is 35.8 Å². The number of thiophene rings is 1. The summed E-state index contributed by atoms with van der Waals surface area (Å²) in [6.07, 6.45) is -7.42. The summed E-state index contributed by atoms with van der Waals surface area (Å²) in [7, 11) is 0. The van der Waals surface area contributed by atoms with E-state index in [0.29, 0.717) is 0 Å². The van der Waals surface area contributed by atoms with E-state index in [2.05, 4.69) is 4.74 Å². The second-order valence-corrected chi connectivity index (χ2v) is 5.53. The van der Waals surface area contributed by atoms with E-state index in [1.165, 1.54) is 0 Å². The predicted molar refractivity (Wildman–Crippen MR) is 60.6 cm³/mol. The zero-order chi connectivity index (χ0) is 20.8.